The van der Waals surface area contributed by atoms with Crippen LogP contribution in [-0.2, 0) is 23.6 Å². The molecule has 0 aliphatic heterocycles. The number of carbonyl (C=O) groups excluding carboxylic acids is 1. The second kappa shape index (κ2) is 8.66. The highest BCUT2D eigenvalue weighted by Gasteiger charge is 2.42. The number of anilines is 1. The molecule has 0 bridgehead atoms. The molecule has 0 atom stereocenters. The Labute approximate surface area is 161 Å². The first kappa shape index (κ1) is 22.4. The number of hydrogen-bond acceptors (Lipinski definition) is 5. The summed E-state index contributed by atoms with van der Waals surface area (Å²) in [6.45, 7) is 2.83. The maximum absolute atomic E-state index is 13.0. The molecule has 2 aromatic heterocycles. The topological polar surface area (TPSA) is 81.9 Å². The molecular formula is C16H17F6N5O2. The number of unbranched alkanes of at least 4 members (excludes halogenated alkanes) is 1. The number of halogens is 6. The maximum atomic E-state index is 13.0. The second-order valence-corrected chi connectivity index (χ2v) is 5.97. The van der Waals surface area contributed by atoms with Crippen molar-refractivity contribution in [2.24, 2.45) is 0 Å². The van der Waals surface area contributed by atoms with E-state index in [1.54, 1.807) is 0 Å². The summed E-state index contributed by atoms with van der Waals surface area (Å²) >= 11 is 0. The number of rotatable bonds is 6. The Morgan fingerprint density at radius 3 is 2.45 bits per heavy atom. The zero-order chi connectivity index (χ0) is 21.8. The lowest BCUT2D eigenvalue weighted by molar-refractivity contribution is -0.144. The largest absolute Gasteiger partial charge is 0.449 e. The van der Waals surface area contributed by atoms with Crippen LogP contribution in [0, 0.1) is 6.92 Å². The smallest absolute Gasteiger partial charge is 0.435 e. The quantitative estimate of drug-likeness (QED) is 0.548. The molecule has 0 spiro atoms. The molecule has 29 heavy (non-hydrogen) atoms. The van der Waals surface area contributed by atoms with E-state index in [1.807, 2.05) is 6.92 Å². The third-order valence-corrected chi connectivity index (χ3v) is 3.65. The summed E-state index contributed by atoms with van der Waals surface area (Å²) in [6.07, 6.45) is -8.21. The van der Waals surface area contributed by atoms with Crippen LogP contribution in [0.15, 0.2) is 12.3 Å². The summed E-state index contributed by atoms with van der Waals surface area (Å²) in [5, 5.41) is 5.37. The molecule has 0 radical (unpaired) electrons. The van der Waals surface area contributed by atoms with Crippen LogP contribution in [0.5, 0.6) is 0 Å². The Balaban J connectivity index is 2.20. The third kappa shape index (κ3) is 6.06. The van der Waals surface area contributed by atoms with E-state index < -0.39 is 36.4 Å². The van der Waals surface area contributed by atoms with Gasteiger partial charge in [-0.2, -0.15) is 31.4 Å². The predicted octanol–water partition coefficient (Wildman–Crippen LogP) is 4.42. The van der Waals surface area contributed by atoms with Gasteiger partial charge in [-0.15, -0.1) is 0 Å². The fourth-order valence-electron chi connectivity index (χ4n) is 2.21. The van der Waals surface area contributed by atoms with Crippen molar-refractivity contribution in [3.05, 3.63) is 35.2 Å². The fraction of sp³-hybridized carbons (Fsp3) is 0.500. The van der Waals surface area contributed by atoms with Gasteiger partial charge in [0.05, 0.1) is 24.2 Å². The van der Waals surface area contributed by atoms with Crippen LogP contribution >= 0.6 is 0 Å². The number of ether oxygens (including phenoxy) is 1. The van der Waals surface area contributed by atoms with E-state index in [2.05, 4.69) is 20.4 Å². The van der Waals surface area contributed by atoms with Gasteiger partial charge in [-0.3, -0.25) is 10.00 Å². The molecular weight excluding hydrogens is 408 g/mol. The normalized spacial score (nSPS) is 12.1. The average Bonchev–Trinajstić information content (AvgIpc) is 3.02. The molecule has 160 valence electrons. The zero-order valence-electron chi connectivity index (χ0n) is 15.4. The Bertz CT molecular complexity index is 862. The Hall–Kier alpha value is -2.86. The van der Waals surface area contributed by atoms with E-state index >= 15 is 0 Å². The van der Waals surface area contributed by atoms with Gasteiger partial charge in [-0.1, -0.05) is 13.3 Å². The summed E-state index contributed by atoms with van der Waals surface area (Å²) in [4.78, 5) is 19.3. The number of carbonyl (C=O) groups is 1. The number of aryl methyl sites for hydroxylation is 1. The molecule has 7 nitrogen and oxygen atoms in total. The van der Waals surface area contributed by atoms with Crippen LogP contribution in [0.25, 0.3) is 0 Å². The Morgan fingerprint density at radius 2 is 1.90 bits per heavy atom. The Kier molecular flexibility index (Phi) is 6.69. The van der Waals surface area contributed by atoms with Gasteiger partial charge in [0.25, 0.3) is 0 Å². The molecule has 0 saturated carbocycles. The highest BCUT2D eigenvalue weighted by atomic mass is 19.4. The summed E-state index contributed by atoms with van der Waals surface area (Å²) < 4.78 is 82.3. The van der Waals surface area contributed by atoms with Crippen molar-refractivity contribution >= 4 is 11.8 Å². The molecule has 2 aromatic rings. The van der Waals surface area contributed by atoms with Gasteiger partial charge in [0.2, 0.25) is 0 Å². The van der Waals surface area contributed by atoms with Gasteiger partial charge < -0.3 is 4.74 Å². The SMILES string of the molecule is CCCCOC(=O)Nc1cnc(Cn2nc(C(F)(F)F)cc2C(F)(F)F)nc1C. The standard InChI is InChI=1S/C16H17F6N5O2/c1-3-4-5-29-14(28)25-10-7-23-13(24-9(10)2)8-27-12(16(20,21)22)6-11(26-27)15(17,18)19/h6-7H,3-5,8H2,1-2H3,(H,25,28). The second-order valence-electron chi connectivity index (χ2n) is 5.97. The van der Waals surface area contributed by atoms with Crippen LogP contribution in [0.1, 0.15) is 42.7 Å². The lowest BCUT2D eigenvalue weighted by Gasteiger charge is -2.11. The van der Waals surface area contributed by atoms with Crippen LogP contribution in [0.2, 0.25) is 0 Å². The van der Waals surface area contributed by atoms with Crippen molar-refractivity contribution in [1.82, 2.24) is 19.7 Å². The number of amides is 1. The van der Waals surface area contributed by atoms with Crippen molar-refractivity contribution in [3.63, 3.8) is 0 Å². The van der Waals surface area contributed by atoms with E-state index in [9.17, 15) is 31.1 Å². The number of alkyl halides is 6. The van der Waals surface area contributed by atoms with Crippen LogP contribution in [-0.4, -0.2) is 32.4 Å². The molecule has 1 N–H and O–H groups in total. The maximum Gasteiger partial charge on any atom is 0.435 e. The van der Waals surface area contributed by atoms with Crippen molar-refractivity contribution in [2.75, 3.05) is 11.9 Å². The fourth-order valence-corrected chi connectivity index (χ4v) is 2.21. The number of nitrogens with zero attached hydrogens (tertiary/aromatic N) is 4. The predicted molar refractivity (Wildman–Crippen MR) is 88.0 cm³/mol. The van der Waals surface area contributed by atoms with Gasteiger partial charge in [0, 0.05) is 6.07 Å². The average molecular weight is 425 g/mol. The summed E-state index contributed by atoms with van der Waals surface area (Å²) in [7, 11) is 0. The van der Waals surface area contributed by atoms with E-state index in [0.29, 0.717) is 6.42 Å². The first-order valence-electron chi connectivity index (χ1n) is 8.40. The van der Waals surface area contributed by atoms with Crippen LogP contribution < -0.4 is 5.32 Å². The van der Waals surface area contributed by atoms with E-state index in [1.165, 1.54) is 6.92 Å². The Morgan fingerprint density at radius 1 is 1.21 bits per heavy atom. The van der Waals surface area contributed by atoms with Gasteiger partial charge in [0.15, 0.2) is 5.69 Å². The number of nitrogens with one attached hydrogen (secondary N) is 1. The molecule has 1 amide bonds. The molecule has 0 aliphatic rings. The minimum atomic E-state index is -5.05. The monoisotopic (exact) mass is 425 g/mol. The lowest BCUT2D eigenvalue weighted by atomic mass is 10.3. The van der Waals surface area contributed by atoms with Gasteiger partial charge >= 0.3 is 18.4 Å². The van der Waals surface area contributed by atoms with E-state index in [4.69, 9.17) is 4.74 Å². The van der Waals surface area contributed by atoms with E-state index in [-0.39, 0.29) is 34.6 Å². The first-order valence-corrected chi connectivity index (χ1v) is 8.40. The first-order chi connectivity index (χ1) is 13.4. The summed E-state index contributed by atoms with van der Waals surface area (Å²) in [5.74, 6) is -0.213. The van der Waals surface area contributed by atoms with Crippen LogP contribution in [0.4, 0.5) is 36.8 Å². The molecule has 13 heteroatoms. The lowest BCUT2D eigenvalue weighted by Crippen LogP contribution is -2.18. The molecule has 0 aromatic carbocycles. The third-order valence-electron chi connectivity index (χ3n) is 3.65. The minimum absolute atomic E-state index is 0.0743. The van der Waals surface area contributed by atoms with Gasteiger partial charge in [-0.25, -0.2) is 14.8 Å². The van der Waals surface area contributed by atoms with Crippen molar-refractivity contribution in [3.8, 4) is 0 Å². The van der Waals surface area contributed by atoms with E-state index in [0.717, 1.165) is 12.6 Å². The highest BCUT2D eigenvalue weighted by Crippen LogP contribution is 2.35. The van der Waals surface area contributed by atoms with Gasteiger partial charge in [0.1, 0.15) is 18.1 Å². The zero-order valence-corrected chi connectivity index (χ0v) is 15.4. The minimum Gasteiger partial charge on any atom is -0.449 e. The summed E-state index contributed by atoms with van der Waals surface area (Å²) in [6, 6.07) is -0.0743. The number of aromatic nitrogens is 4. The van der Waals surface area contributed by atoms with Crippen molar-refractivity contribution in [1.29, 1.82) is 0 Å². The number of hydrogen-bond donors (Lipinski definition) is 1. The molecule has 0 aliphatic carbocycles. The molecule has 0 fully saturated rings. The van der Waals surface area contributed by atoms with Crippen LogP contribution in [0.3, 0.4) is 0 Å². The highest BCUT2D eigenvalue weighted by molar-refractivity contribution is 5.84. The summed E-state index contributed by atoms with van der Waals surface area (Å²) in [5.41, 5.74) is -2.90. The van der Waals surface area contributed by atoms with Crippen molar-refractivity contribution < 1.29 is 35.9 Å². The molecule has 2 rings (SSSR count). The van der Waals surface area contributed by atoms with Gasteiger partial charge in [-0.05, 0) is 13.3 Å². The molecule has 2 heterocycles. The van der Waals surface area contributed by atoms with Crippen molar-refractivity contribution in [2.45, 2.75) is 45.6 Å². The molecule has 0 unspecified atom stereocenters. The molecule has 0 saturated heterocycles.